The number of amides is 1. The molecule has 8 heteroatoms. The van der Waals surface area contributed by atoms with Gasteiger partial charge in [0.25, 0.3) is 11.6 Å². The van der Waals surface area contributed by atoms with Gasteiger partial charge in [-0.05, 0) is 25.0 Å². The van der Waals surface area contributed by atoms with Crippen molar-refractivity contribution in [2.45, 2.75) is 18.9 Å². The number of nitrogens with zero attached hydrogens (tertiary/aromatic N) is 2. The van der Waals surface area contributed by atoms with Crippen LogP contribution in [-0.2, 0) is 4.79 Å². The Bertz CT molecular complexity index is 717. The third kappa shape index (κ3) is 3.77. The lowest BCUT2D eigenvalue weighted by Crippen LogP contribution is -2.26. The molecule has 1 fully saturated rings. The summed E-state index contributed by atoms with van der Waals surface area (Å²) in [6.07, 6.45) is 2.93. The lowest BCUT2D eigenvalue weighted by molar-refractivity contribution is -0.385. The largest absolute Gasteiger partial charge is 0.493 e. The summed E-state index contributed by atoms with van der Waals surface area (Å²) in [5, 5.41) is 23.0. The number of nitro groups is 1. The number of nitrogens with one attached hydrogen (secondary N) is 1. The van der Waals surface area contributed by atoms with E-state index in [1.165, 1.54) is 32.4 Å². The molecule has 8 nitrogen and oxygen atoms in total. The SMILES string of the molecule is COc1cc(/C=C(\C#N)C(=O)NC2CC2)c([N+](=O)[O-])cc1OC. The van der Waals surface area contributed by atoms with Crippen LogP contribution in [0.1, 0.15) is 18.4 Å². The monoisotopic (exact) mass is 317 g/mol. The van der Waals surface area contributed by atoms with Gasteiger partial charge in [-0.15, -0.1) is 0 Å². The molecule has 1 aliphatic carbocycles. The van der Waals surface area contributed by atoms with Gasteiger partial charge in [-0.3, -0.25) is 14.9 Å². The summed E-state index contributed by atoms with van der Waals surface area (Å²) in [4.78, 5) is 22.6. The molecule has 1 amide bonds. The molecule has 1 saturated carbocycles. The average molecular weight is 317 g/mol. The molecule has 0 atom stereocenters. The Labute approximate surface area is 132 Å². The van der Waals surface area contributed by atoms with Gasteiger partial charge >= 0.3 is 0 Å². The first-order valence-electron chi connectivity index (χ1n) is 6.83. The zero-order valence-electron chi connectivity index (χ0n) is 12.7. The van der Waals surface area contributed by atoms with E-state index in [4.69, 9.17) is 14.7 Å². The summed E-state index contributed by atoms with van der Waals surface area (Å²) in [5.41, 5.74) is -0.392. The first-order chi connectivity index (χ1) is 11.0. The zero-order valence-corrected chi connectivity index (χ0v) is 12.7. The second-order valence-electron chi connectivity index (χ2n) is 4.94. The molecule has 0 unspecified atom stereocenters. The summed E-state index contributed by atoms with van der Waals surface area (Å²) >= 11 is 0. The quantitative estimate of drug-likeness (QED) is 0.370. The van der Waals surface area contributed by atoms with E-state index in [2.05, 4.69) is 5.32 Å². The van der Waals surface area contributed by atoms with Crippen molar-refractivity contribution in [3.05, 3.63) is 33.4 Å². The minimum Gasteiger partial charge on any atom is -0.493 e. The van der Waals surface area contributed by atoms with E-state index in [0.717, 1.165) is 12.8 Å². The molecule has 0 heterocycles. The second-order valence-corrected chi connectivity index (χ2v) is 4.94. The minimum absolute atomic E-state index is 0.0830. The molecule has 0 saturated heterocycles. The molecule has 0 radical (unpaired) electrons. The van der Waals surface area contributed by atoms with Gasteiger partial charge in [-0.25, -0.2) is 0 Å². The predicted octanol–water partition coefficient (Wildman–Crippen LogP) is 1.80. The molecule has 0 aromatic heterocycles. The van der Waals surface area contributed by atoms with E-state index in [1.54, 1.807) is 6.07 Å². The molecular formula is C15H15N3O5. The molecule has 1 N–H and O–H groups in total. The fourth-order valence-electron chi connectivity index (χ4n) is 1.95. The van der Waals surface area contributed by atoms with Crippen molar-refractivity contribution < 1.29 is 19.2 Å². The van der Waals surface area contributed by atoms with E-state index in [9.17, 15) is 14.9 Å². The first kappa shape index (κ1) is 16.3. The van der Waals surface area contributed by atoms with Crippen LogP contribution in [0.25, 0.3) is 6.08 Å². The van der Waals surface area contributed by atoms with Gasteiger partial charge in [-0.2, -0.15) is 5.26 Å². The number of hydrogen-bond donors (Lipinski definition) is 1. The highest BCUT2D eigenvalue weighted by molar-refractivity contribution is 6.02. The predicted molar refractivity (Wildman–Crippen MR) is 81.0 cm³/mol. The Morgan fingerprint density at radius 1 is 1.39 bits per heavy atom. The van der Waals surface area contributed by atoms with Crippen LogP contribution >= 0.6 is 0 Å². The van der Waals surface area contributed by atoms with Crippen LogP contribution in [0, 0.1) is 21.4 Å². The van der Waals surface area contributed by atoms with Crippen LogP contribution in [0.2, 0.25) is 0 Å². The van der Waals surface area contributed by atoms with Crippen molar-refractivity contribution in [3.63, 3.8) is 0 Å². The van der Waals surface area contributed by atoms with Gasteiger partial charge in [0, 0.05) is 6.04 Å². The van der Waals surface area contributed by atoms with Crippen LogP contribution in [0.3, 0.4) is 0 Å². The lowest BCUT2D eigenvalue weighted by atomic mass is 10.1. The number of methoxy groups -OCH3 is 2. The second kappa shape index (κ2) is 6.79. The Balaban J connectivity index is 2.46. The van der Waals surface area contributed by atoms with Crippen molar-refractivity contribution >= 4 is 17.7 Å². The molecule has 1 aliphatic rings. The first-order valence-corrected chi connectivity index (χ1v) is 6.83. The fraction of sp³-hybridized carbons (Fsp3) is 0.333. The number of nitriles is 1. The summed E-state index contributed by atoms with van der Waals surface area (Å²) in [6.45, 7) is 0. The van der Waals surface area contributed by atoms with Crippen LogP contribution in [0.15, 0.2) is 17.7 Å². The van der Waals surface area contributed by atoms with E-state index < -0.39 is 10.8 Å². The third-order valence-corrected chi connectivity index (χ3v) is 3.31. The average Bonchev–Trinajstić information content (AvgIpc) is 3.35. The van der Waals surface area contributed by atoms with Crippen LogP contribution in [0.4, 0.5) is 5.69 Å². The molecule has 120 valence electrons. The van der Waals surface area contributed by atoms with Crippen LogP contribution in [-0.4, -0.2) is 31.1 Å². The number of carbonyl (C=O) groups is 1. The van der Waals surface area contributed by atoms with Gasteiger partial charge in [0.1, 0.15) is 11.6 Å². The van der Waals surface area contributed by atoms with Crippen molar-refractivity contribution in [2.24, 2.45) is 0 Å². The van der Waals surface area contributed by atoms with E-state index in [0.29, 0.717) is 0 Å². The van der Waals surface area contributed by atoms with Crippen molar-refractivity contribution in [3.8, 4) is 17.6 Å². The van der Waals surface area contributed by atoms with Gasteiger partial charge < -0.3 is 14.8 Å². The van der Waals surface area contributed by atoms with Gasteiger partial charge in [0.2, 0.25) is 0 Å². The normalized spacial score (nSPS) is 13.9. The summed E-state index contributed by atoms with van der Waals surface area (Å²) < 4.78 is 10.1. The maximum Gasteiger partial charge on any atom is 0.280 e. The summed E-state index contributed by atoms with van der Waals surface area (Å²) in [6, 6.07) is 4.41. The smallest absolute Gasteiger partial charge is 0.280 e. The van der Waals surface area contributed by atoms with E-state index >= 15 is 0 Å². The highest BCUT2D eigenvalue weighted by Crippen LogP contribution is 2.35. The van der Waals surface area contributed by atoms with Gasteiger partial charge in [0.15, 0.2) is 11.5 Å². The minimum atomic E-state index is -0.610. The molecule has 0 aliphatic heterocycles. The highest BCUT2D eigenvalue weighted by atomic mass is 16.6. The van der Waals surface area contributed by atoms with Crippen molar-refractivity contribution in [1.82, 2.24) is 5.32 Å². The molecule has 23 heavy (non-hydrogen) atoms. The number of nitro benzene ring substituents is 1. The maximum atomic E-state index is 12.0. The molecule has 2 rings (SSSR count). The van der Waals surface area contributed by atoms with Crippen molar-refractivity contribution in [2.75, 3.05) is 14.2 Å². The number of ether oxygens (including phenoxy) is 2. The Hall–Kier alpha value is -3.08. The Kier molecular flexibility index (Phi) is 4.81. The Morgan fingerprint density at radius 3 is 2.48 bits per heavy atom. The number of carbonyl (C=O) groups excluding carboxylic acids is 1. The van der Waals surface area contributed by atoms with E-state index in [1.807, 2.05) is 0 Å². The van der Waals surface area contributed by atoms with Crippen molar-refractivity contribution in [1.29, 1.82) is 5.26 Å². The molecule has 0 bridgehead atoms. The standard InChI is InChI=1S/C15H15N3O5/c1-22-13-6-9(12(18(20)21)7-14(13)23-2)5-10(8-16)15(19)17-11-3-4-11/h5-7,11H,3-4H2,1-2H3,(H,17,19)/b10-5+. The van der Waals surface area contributed by atoms with E-state index in [-0.39, 0.29) is 34.4 Å². The van der Waals surface area contributed by atoms with Gasteiger partial charge in [0.05, 0.1) is 30.8 Å². The van der Waals surface area contributed by atoms with Crippen LogP contribution < -0.4 is 14.8 Å². The number of benzene rings is 1. The summed E-state index contributed by atoms with van der Waals surface area (Å²) in [7, 11) is 2.75. The lowest BCUT2D eigenvalue weighted by Gasteiger charge is -2.09. The fourth-order valence-corrected chi connectivity index (χ4v) is 1.95. The molecule has 0 spiro atoms. The zero-order chi connectivity index (χ0) is 17.0. The topological polar surface area (TPSA) is 114 Å². The maximum absolute atomic E-state index is 12.0. The third-order valence-electron chi connectivity index (χ3n) is 3.31. The summed E-state index contributed by atoms with van der Waals surface area (Å²) in [5.74, 6) is -0.0828. The molecular weight excluding hydrogens is 302 g/mol. The molecule has 1 aromatic carbocycles. The Morgan fingerprint density at radius 2 is 2.00 bits per heavy atom. The molecule has 1 aromatic rings. The number of rotatable bonds is 6. The van der Waals surface area contributed by atoms with Gasteiger partial charge in [-0.1, -0.05) is 0 Å². The van der Waals surface area contributed by atoms with Crippen LogP contribution in [0.5, 0.6) is 11.5 Å². The highest BCUT2D eigenvalue weighted by Gasteiger charge is 2.25. The number of hydrogen-bond acceptors (Lipinski definition) is 6.